The van der Waals surface area contributed by atoms with Crippen LogP contribution in [0.4, 0.5) is 5.69 Å². The lowest BCUT2D eigenvalue weighted by atomic mass is 10.2. The van der Waals surface area contributed by atoms with Gasteiger partial charge in [0, 0.05) is 18.3 Å². The van der Waals surface area contributed by atoms with Crippen LogP contribution in [0.5, 0.6) is 5.75 Å². The number of methoxy groups -OCH3 is 1. The van der Waals surface area contributed by atoms with Gasteiger partial charge >= 0.3 is 0 Å². The highest BCUT2D eigenvalue weighted by Crippen LogP contribution is 2.21. The number of rotatable bonds is 5. The first-order chi connectivity index (χ1) is 7.72. The molecular weight excluding hydrogens is 206 g/mol. The third-order valence-corrected chi connectivity index (χ3v) is 2.18. The van der Waals surface area contributed by atoms with Gasteiger partial charge in [0.05, 0.1) is 7.11 Å². The van der Waals surface area contributed by atoms with Gasteiger partial charge in [0.2, 0.25) is 6.29 Å². The van der Waals surface area contributed by atoms with Crippen molar-refractivity contribution in [1.29, 1.82) is 0 Å². The van der Waals surface area contributed by atoms with E-state index in [0.29, 0.717) is 24.3 Å². The highest BCUT2D eigenvalue weighted by molar-refractivity contribution is 6.30. The van der Waals surface area contributed by atoms with E-state index in [-0.39, 0.29) is 0 Å². The smallest absolute Gasteiger partial charge is 0.291 e. The molecule has 0 fully saturated rings. The summed E-state index contributed by atoms with van der Waals surface area (Å²) >= 11 is 0. The van der Waals surface area contributed by atoms with E-state index in [9.17, 15) is 9.59 Å². The number of carbonyl (C=O) groups excluding carboxylic acids is 2. The quantitative estimate of drug-likeness (QED) is 0.561. The summed E-state index contributed by atoms with van der Waals surface area (Å²) in [6.45, 7) is 2.47. The van der Waals surface area contributed by atoms with Crippen LogP contribution in [0.3, 0.4) is 0 Å². The number of benzene rings is 1. The molecule has 0 aliphatic heterocycles. The fourth-order valence-electron chi connectivity index (χ4n) is 1.43. The van der Waals surface area contributed by atoms with Crippen molar-refractivity contribution >= 4 is 17.9 Å². The number of nitrogens with zero attached hydrogens (tertiary/aromatic N) is 1. The second kappa shape index (κ2) is 5.90. The van der Waals surface area contributed by atoms with E-state index in [1.54, 1.807) is 31.4 Å². The number of hydrogen-bond acceptors (Lipinski definition) is 3. The average molecular weight is 221 g/mol. The summed E-state index contributed by atoms with van der Waals surface area (Å²) in [5, 5.41) is 0. The van der Waals surface area contributed by atoms with Gasteiger partial charge in [0.1, 0.15) is 5.75 Å². The lowest BCUT2D eigenvalue weighted by Crippen LogP contribution is -2.32. The molecule has 1 aromatic rings. The molecule has 0 heterocycles. The fourth-order valence-corrected chi connectivity index (χ4v) is 1.43. The van der Waals surface area contributed by atoms with Gasteiger partial charge in [-0.05, 0) is 18.6 Å². The molecule has 0 aliphatic rings. The minimum absolute atomic E-state index is 0.329. The van der Waals surface area contributed by atoms with Crippen LogP contribution >= 0.6 is 0 Å². The standard InChI is InChI=1S/C12H15NO3/c1-3-7-13(12(15)9-14)10-5-4-6-11(8-10)16-2/h4-6,8-9H,3,7H2,1-2H3. The molecule has 0 atom stereocenters. The van der Waals surface area contributed by atoms with E-state index in [4.69, 9.17) is 4.74 Å². The molecule has 0 saturated carbocycles. The van der Waals surface area contributed by atoms with Crippen molar-refractivity contribution in [1.82, 2.24) is 0 Å². The Morgan fingerprint density at radius 2 is 2.25 bits per heavy atom. The molecule has 0 unspecified atom stereocenters. The molecule has 1 rings (SSSR count). The third-order valence-electron chi connectivity index (χ3n) is 2.18. The maximum absolute atomic E-state index is 11.4. The minimum Gasteiger partial charge on any atom is -0.497 e. The number of anilines is 1. The normalized spacial score (nSPS) is 9.62. The zero-order chi connectivity index (χ0) is 12.0. The topological polar surface area (TPSA) is 46.6 Å². The molecule has 1 aromatic carbocycles. The summed E-state index contributed by atoms with van der Waals surface area (Å²) in [6, 6.07) is 7.09. The van der Waals surface area contributed by atoms with Gasteiger partial charge in [-0.2, -0.15) is 0 Å². The van der Waals surface area contributed by atoms with E-state index in [0.717, 1.165) is 6.42 Å². The lowest BCUT2D eigenvalue weighted by Gasteiger charge is -2.19. The van der Waals surface area contributed by atoms with Crippen molar-refractivity contribution in [3.63, 3.8) is 0 Å². The van der Waals surface area contributed by atoms with Gasteiger partial charge in [-0.25, -0.2) is 0 Å². The molecule has 4 nitrogen and oxygen atoms in total. The number of carbonyl (C=O) groups is 2. The van der Waals surface area contributed by atoms with Crippen molar-refractivity contribution in [3.05, 3.63) is 24.3 Å². The summed E-state index contributed by atoms with van der Waals surface area (Å²) in [5.74, 6) is 0.132. The maximum atomic E-state index is 11.4. The number of ether oxygens (including phenoxy) is 1. The zero-order valence-corrected chi connectivity index (χ0v) is 9.47. The molecule has 0 radical (unpaired) electrons. The van der Waals surface area contributed by atoms with Crippen molar-refractivity contribution < 1.29 is 14.3 Å². The first-order valence-electron chi connectivity index (χ1n) is 5.13. The largest absolute Gasteiger partial charge is 0.497 e. The number of aldehydes is 1. The van der Waals surface area contributed by atoms with E-state index in [1.165, 1.54) is 4.90 Å². The average Bonchev–Trinajstić information content (AvgIpc) is 2.35. The van der Waals surface area contributed by atoms with Crippen LogP contribution in [-0.2, 0) is 9.59 Å². The molecule has 0 aliphatic carbocycles. The predicted octanol–water partition coefficient (Wildman–Crippen LogP) is 1.64. The van der Waals surface area contributed by atoms with Crippen LogP contribution in [0.25, 0.3) is 0 Å². The van der Waals surface area contributed by atoms with Crippen LogP contribution in [0.2, 0.25) is 0 Å². The fraction of sp³-hybridized carbons (Fsp3) is 0.333. The van der Waals surface area contributed by atoms with Crippen molar-refractivity contribution in [2.24, 2.45) is 0 Å². The SMILES string of the molecule is CCCN(C(=O)C=O)c1cccc(OC)c1. The number of amides is 1. The summed E-state index contributed by atoms with van der Waals surface area (Å²) in [5.41, 5.74) is 0.679. The summed E-state index contributed by atoms with van der Waals surface area (Å²) in [6.07, 6.45) is 1.12. The van der Waals surface area contributed by atoms with Gasteiger partial charge in [-0.3, -0.25) is 9.59 Å². The molecule has 0 N–H and O–H groups in total. The summed E-state index contributed by atoms with van der Waals surface area (Å²) < 4.78 is 5.07. The van der Waals surface area contributed by atoms with Crippen molar-refractivity contribution in [3.8, 4) is 5.75 Å². The predicted molar refractivity (Wildman–Crippen MR) is 61.7 cm³/mol. The molecule has 0 saturated heterocycles. The van der Waals surface area contributed by atoms with Gasteiger partial charge in [0.15, 0.2) is 0 Å². The minimum atomic E-state index is -0.532. The van der Waals surface area contributed by atoms with E-state index in [2.05, 4.69) is 0 Å². The van der Waals surface area contributed by atoms with Crippen molar-refractivity contribution in [2.45, 2.75) is 13.3 Å². The Labute approximate surface area is 94.8 Å². The Bertz CT molecular complexity index is 376. The molecule has 1 amide bonds. The van der Waals surface area contributed by atoms with Gasteiger partial charge in [-0.15, -0.1) is 0 Å². The molecule has 0 aromatic heterocycles. The lowest BCUT2D eigenvalue weighted by molar-refractivity contribution is -0.129. The molecule has 0 spiro atoms. The van der Waals surface area contributed by atoms with Crippen molar-refractivity contribution in [2.75, 3.05) is 18.6 Å². The highest BCUT2D eigenvalue weighted by Gasteiger charge is 2.13. The van der Waals surface area contributed by atoms with E-state index in [1.807, 2.05) is 6.92 Å². The van der Waals surface area contributed by atoms with Crippen LogP contribution in [0, 0.1) is 0 Å². The third kappa shape index (κ3) is 2.82. The van der Waals surface area contributed by atoms with Gasteiger partial charge < -0.3 is 9.64 Å². The first kappa shape index (κ1) is 12.2. The second-order valence-electron chi connectivity index (χ2n) is 3.31. The van der Waals surface area contributed by atoms with Crippen LogP contribution in [-0.4, -0.2) is 25.8 Å². The molecule has 4 heteroatoms. The van der Waals surface area contributed by atoms with Crippen LogP contribution in [0.1, 0.15) is 13.3 Å². The molecular formula is C12H15NO3. The Kier molecular flexibility index (Phi) is 4.51. The zero-order valence-electron chi connectivity index (χ0n) is 9.47. The maximum Gasteiger partial charge on any atom is 0.291 e. The Hall–Kier alpha value is -1.84. The molecule has 86 valence electrons. The Morgan fingerprint density at radius 1 is 1.50 bits per heavy atom. The molecule has 0 bridgehead atoms. The van der Waals surface area contributed by atoms with E-state index < -0.39 is 5.91 Å². The summed E-state index contributed by atoms with van der Waals surface area (Å²) in [4.78, 5) is 23.4. The van der Waals surface area contributed by atoms with Gasteiger partial charge in [-0.1, -0.05) is 13.0 Å². The second-order valence-corrected chi connectivity index (χ2v) is 3.31. The molecule has 16 heavy (non-hydrogen) atoms. The number of hydrogen-bond donors (Lipinski definition) is 0. The Balaban J connectivity index is 2.99. The van der Waals surface area contributed by atoms with Gasteiger partial charge in [0.25, 0.3) is 5.91 Å². The first-order valence-corrected chi connectivity index (χ1v) is 5.13. The van der Waals surface area contributed by atoms with E-state index >= 15 is 0 Å². The summed E-state index contributed by atoms with van der Waals surface area (Å²) in [7, 11) is 1.56. The monoisotopic (exact) mass is 221 g/mol. The highest BCUT2D eigenvalue weighted by atomic mass is 16.5. The Morgan fingerprint density at radius 3 is 2.81 bits per heavy atom. The van der Waals surface area contributed by atoms with Crippen LogP contribution < -0.4 is 9.64 Å². The van der Waals surface area contributed by atoms with Crippen LogP contribution in [0.15, 0.2) is 24.3 Å².